The minimum atomic E-state index is -1.11. The van der Waals surface area contributed by atoms with Crippen LogP contribution in [-0.2, 0) is 30.8 Å². The summed E-state index contributed by atoms with van der Waals surface area (Å²) in [6.45, 7) is 9.15. The Kier molecular flexibility index (Phi) is 7.76. The molecule has 2 heterocycles. The number of amides is 3. The van der Waals surface area contributed by atoms with E-state index in [4.69, 9.17) is 0 Å². The fourth-order valence-electron chi connectivity index (χ4n) is 4.67. The number of nitrogens with one attached hydrogen (secondary N) is 2. The number of aromatic nitrogens is 2. The molecule has 0 saturated heterocycles. The van der Waals surface area contributed by atoms with E-state index in [1.165, 1.54) is 11.9 Å². The Morgan fingerprint density at radius 3 is 2.16 bits per heavy atom. The molecule has 8 heteroatoms. The molecule has 2 aromatic carbocycles. The maximum Gasteiger partial charge on any atom is 0.273 e. The molecule has 1 aliphatic heterocycles. The lowest BCUT2D eigenvalue weighted by molar-refractivity contribution is -0.133. The van der Waals surface area contributed by atoms with Crippen LogP contribution in [0, 0.1) is 6.92 Å². The molecule has 0 aliphatic carbocycles. The van der Waals surface area contributed by atoms with E-state index in [9.17, 15) is 14.4 Å². The monoisotopic (exact) mass is 501 g/mol. The molecule has 0 bridgehead atoms. The number of hydrogen-bond acceptors (Lipinski definition) is 4. The summed E-state index contributed by atoms with van der Waals surface area (Å²) in [6.07, 6.45) is 3.11. The zero-order valence-electron chi connectivity index (χ0n) is 22.0. The lowest BCUT2D eigenvalue weighted by Gasteiger charge is -2.43. The number of fused-ring (bicyclic) bond motifs is 1. The van der Waals surface area contributed by atoms with Gasteiger partial charge in [-0.2, -0.15) is 0 Å². The predicted octanol–water partition coefficient (Wildman–Crippen LogP) is 3.62. The average molecular weight is 502 g/mol. The highest BCUT2D eigenvalue weighted by atomic mass is 16.2. The van der Waals surface area contributed by atoms with Crippen molar-refractivity contribution in [3.8, 4) is 0 Å². The van der Waals surface area contributed by atoms with Gasteiger partial charge in [0.2, 0.25) is 5.91 Å². The van der Waals surface area contributed by atoms with Gasteiger partial charge < -0.3 is 20.1 Å². The number of carbonyl (C=O) groups excluding carboxylic acids is 3. The Labute approximate surface area is 218 Å². The molecular weight excluding hydrogens is 466 g/mol. The van der Waals surface area contributed by atoms with Crippen molar-refractivity contribution in [3.63, 3.8) is 0 Å². The van der Waals surface area contributed by atoms with Gasteiger partial charge in [0.05, 0.1) is 12.9 Å². The molecule has 3 aromatic rings. The summed E-state index contributed by atoms with van der Waals surface area (Å²) in [5.41, 5.74) is 3.52. The third kappa shape index (κ3) is 5.43. The summed E-state index contributed by atoms with van der Waals surface area (Å²) in [6, 6.07) is 16.0. The van der Waals surface area contributed by atoms with Crippen LogP contribution in [-0.4, -0.2) is 44.3 Å². The summed E-state index contributed by atoms with van der Waals surface area (Å²) >= 11 is 0. The van der Waals surface area contributed by atoms with E-state index in [2.05, 4.69) is 22.5 Å². The van der Waals surface area contributed by atoms with Crippen LogP contribution in [0.25, 0.3) is 0 Å². The van der Waals surface area contributed by atoms with Gasteiger partial charge >= 0.3 is 0 Å². The standard InChI is InChI=1S/C29H35N5O3/c1-5-15-34-27(36)25-24(26(35)30-16-23-13-11-21(6-2)12-14-23)32-19-33(25)18-29(34,4)28(37)31-17-22-9-7-20(3)8-10-22/h7-14,19H,5-6,15-18H2,1-4H3,(H,30,35)(H,31,37). The normalized spacial score (nSPS) is 16.9. The number of carbonyl (C=O) groups is 3. The van der Waals surface area contributed by atoms with E-state index in [0.29, 0.717) is 26.1 Å². The van der Waals surface area contributed by atoms with Gasteiger partial charge in [-0.3, -0.25) is 14.4 Å². The molecule has 2 N–H and O–H groups in total. The molecule has 37 heavy (non-hydrogen) atoms. The molecule has 194 valence electrons. The van der Waals surface area contributed by atoms with Gasteiger partial charge in [-0.05, 0) is 43.4 Å². The van der Waals surface area contributed by atoms with Crippen molar-refractivity contribution in [3.05, 3.63) is 88.5 Å². The SMILES string of the molecule is CCCN1C(=O)c2c(C(=O)NCc3ccc(CC)cc3)ncn2CC1(C)C(=O)NCc1ccc(C)cc1. The van der Waals surface area contributed by atoms with Crippen LogP contribution < -0.4 is 10.6 Å². The number of rotatable bonds is 9. The van der Waals surface area contributed by atoms with E-state index in [0.717, 1.165) is 23.1 Å². The van der Waals surface area contributed by atoms with E-state index < -0.39 is 11.4 Å². The highest BCUT2D eigenvalue weighted by molar-refractivity contribution is 6.07. The van der Waals surface area contributed by atoms with Gasteiger partial charge in [-0.15, -0.1) is 0 Å². The maximum atomic E-state index is 13.7. The molecule has 1 atom stereocenters. The minimum absolute atomic E-state index is 0.0818. The van der Waals surface area contributed by atoms with Gasteiger partial charge in [0, 0.05) is 19.6 Å². The highest BCUT2D eigenvalue weighted by Crippen LogP contribution is 2.29. The van der Waals surface area contributed by atoms with Crippen LogP contribution >= 0.6 is 0 Å². The van der Waals surface area contributed by atoms with Crippen molar-refractivity contribution in [2.75, 3.05) is 6.54 Å². The topological polar surface area (TPSA) is 96.3 Å². The van der Waals surface area contributed by atoms with Crippen molar-refractivity contribution in [2.24, 2.45) is 0 Å². The third-order valence-electron chi connectivity index (χ3n) is 6.97. The second-order valence-corrected chi connectivity index (χ2v) is 9.82. The van der Waals surface area contributed by atoms with Crippen molar-refractivity contribution >= 4 is 17.7 Å². The molecule has 1 aliphatic rings. The largest absolute Gasteiger partial charge is 0.350 e. The molecule has 4 rings (SSSR count). The fourth-order valence-corrected chi connectivity index (χ4v) is 4.67. The third-order valence-corrected chi connectivity index (χ3v) is 6.97. The number of hydrogen-bond donors (Lipinski definition) is 2. The van der Waals surface area contributed by atoms with Crippen LogP contribution in [0.4, 0.5) is 0 Å². The van der Waals surface area contributed by atoms with E-state index in [1.807, 2.05) is 62.4 Å². The van der Waals surface area contributed by atoms with Crippen LogP contribution in [0.15, 0.2) is 54.9 Å². The zero-order chi connectivity index (χ0) is 26.6. The predicted molar refractivity (Wildman–Crippen MR) is 142 cm³/mol. The fraction of sp³-hybridized carbons (Fsp3) is 0.379. The Morgan fingerprint density at radius 1 is 0.946 bits per heavy atom. The van der Waals surface area contributed by atoms with E-state index in [1.54, 1.807) is 16.4 Å². The lowest BCUT2D eigenvalue weighted by atomic mass is 9.93. The molecule has 0 spiro atoms. The Morgan fingerprint density at radius 2 is 1.54 bits per heavy atom. The quantitative estimate of drug-likeness (QED) is 0.468. The molecule has 0 saturated carbocycles. The van der Waals surface area contributed by atoms with Gasteiger partial charge in [0.1, 0.15) is 11.2 Å². The molecule has 3 amide bonds. The molecular formula is C29H35N5O3. The van der Waals surface area contributed by atoms with Gasteiger partial charge in [-0.25, -0.2) is 4.98 Å². The molecule has 0 radical (unpaired) electrons. The molecule has 0 fully saturated rings. The number of benzene rings is 2. The molecule has 1 unspecified atom stereocenters. The Hall–Kier alpha value is -3.94. The average Bonchev–Trinajstić information content (AvgIpc) is 3.33. The number of imidazole rings is 1. The van der Waals surface area contributed by atoms with Crippen molar-refractivity contribution < 1.29 is 14.4 Å². The lowest BCUT2D eigenvalue weighted by Crippen LogP contribution is -2.64. The van der Waals surface area contributed by atoms with E-state index in [-0.39, 0.29) is 29.7 Å². The Balaban J connectivity index is 1.51. The smallest absolute Gasteiger partial charge is 0.273 e. The van der Waals surface area contributed by atoms with E-state index >= 15 is 0 Å². The van der Waals surface area contributed by atoms with Crippen LogP contribution in [0.1, 0.15) is 70.4 Å². The maximum absolute atomic E-state index is 13.7. The number of nitrogens with zero attached hydrogens (tertiary/aromatic N) is 3. The summed E-state index contributed by atoms with van der Waals surface area (Å²) < 4.78 is 1.63. The zero-order valence-corrected chi connectivity index (χ0v) is 22.0. The Bertz CT molecular complexity index is 1280. The van der Waals surface area contributed by atoms with Crippen LogP contribution in [0.3, 0.4) is 0 Å². The van der Waals surface area contributed by atoms with Crippen LogP contribution in [0.5, 0.6) is 0 Å². The summed E-state index contributed by atoms with van der Waals surface area (Å²) in [7, 11) is 0. The molecule has 1 aromatic heterocycles. The molecule has 8 nitrogen and oxygen atoms in total. The van der Waals surface area contributed by atoms with Crippen molar-refractivity contribution in [1.29, 1.82) is 0 Å². The first kappa shape index (κ1) is 26.1. The first-order chi connectivity index (χ1) is 17.8. The summed E-state index contributed by atoms with van der Waals surface area (Å²) in [4.78, 5) is 46.0. The minimum Gasteiger partial charge on any atom is -0.350 e. The number of aryl methyl sites for hydroxylation is 2. The van der Waals surface area contributed by atoms with Gasteiger partial charge in [0.15, 0.2) is 5.69 Å². The second kappa shape index (κ2) is 11.0. The first-order valence-corrected chi connectivity index (χ1v) is 12.8. The van der Waals surface area contributed by atoms with Gasteiger partial charge in [0.25, 0.3) is 11.8 Å². The highest BCUT2D eigenvalue weighted by Gasteiger charge is 2.48. The van der Waals surface area contributed by atoms with Gasteiger partial charge in [-0.1, -0.05) is 67.9 Å². The van der Waals surface area contributed by atoms with Crippen molar-refractivity contribution in [1.82, 2.24) is 25.1 Å². The van der Waals surface area contributed by atoms with Crippen LogP contribution in [0.2, 0.25) is 0 Å². The van der Waals surface area contributed by atoms with Crippen molar-refractivity contribution in [2.45, 2.75) is 65.7 Å². The second-order valence-electron chi connectivity index (χ2n) is 9.82. The summed E-state index contributed by atoms with van der Waals surface area (Å²) in [5.74, 6) is -1.02. The summed E-state index contributed by atoms with van der Waals surface area (Å²) in [5, 5.41) is 5.88. The first-order valence-electron chi connectivity index (χ1n) is 12.8.